The van der Waals surface area contributed by atoms with E-state index in [1.165, 1.54) is 19.3 Å². The summed E-state index contributed by atoms with van der Waals surface area (Å²) in [4.78, 5) is 15.8. The van der Waals surface area contributed by atoms with Crippen molar-refractivity contribution in [2.75, 3.05) is 27.7 Å². The Bertz CT molecular complexity index is 250. The summed E-state index contributed by atoms with van der Waals surface area (Å²) in [5.74, 6) is 5.02. The summed E-state index contributed by atoms with van der Waals surface area (Å²) in [5, 5.41) is 0. The van der Waals surface area contributed by atoms with E-state index in [-0.39, 0.29) is 17.5 Å². The SMILES string of the molecule is CC(C(=O)NN)N(C)CC1(N(C)C)CCC1. The Morgan fingerprint density at radius 3 is 2.31 bits per heavy atom. The minimum absolute atomic E-state index is 0.129. The maximum absolute atomic E-state index is 11.4. The minimum atomic E-state index is -0.178. The van der Waals surface area contributed by atoms with Gasteiger partial charge in [-0.1, -0.05) is 0 Å². The molecular formula is C11H24N4O. The highest BCUT2D eigenvalue weighted by Gasteiger charge is 2.40. The van der Waals surface area contributed by atoms with Gasteiger partial charge in [-0.15, -0.1) is 0 Å². The number of nitrogens with zero attached hydrogens (tertiary/aromatic N) is 2. The zero-order chi connectivity index (χ0) is 12.3. The molecule has 1 saturated carbocycles. The van der Waals surface area contributed by atoms with Crippen molar-refractivity contribution in [1.29, 1.82) is 0 Å². The fraction of sp³-hybridized carbons (Fsp3) is 0.909. The number of rotatable bonds is 5. The second-order valence-electron chi connectivity index (χ2n) is 5.07. The minimum Gasteiger partial charge on any atom is -0.302 e. The monoisotopic (exact) mass is 228 g/mol. The lowest BCUT2D eigenvalue weighted by atomic mass is 9.75. The Kier molecular flexibility index (Phi) is 4.29. The molecule has 0 aromatic carbocycles. The molecule has 1 aliphatic carbocycles. The predicted octanol–water partition coefficient (Wildman–Crippen LogP) is -0.219. The first-order chi connectivity index (χ1) is 7.43. The third kappa shape index (κ3) is 2.53. The van der Waals surface area contributed by atoms with E-state index >= 15 is 0 Å². The summed E-state index contributed by atoms with van der Waals surface area (Å²) in [5.41, 5.74) is 2.45. The van der Waals surface area contributed by atoms with Gasteiger partial charge in [-0.05, 0) is 47.3 Å². The number of likely N-dealkylation sites (N-methyl/N-ethyl adjacent to an activating group) is 2. The largest absolute Gasteiger partial charge is 0.302 e. The first kappa shape index (κ1) is 13.4. The van der Waals surface area contributed by atoms with Crippen LogP contribution in [0.3, 0.4) is 0 Å². The molecule has 3 N–H and O–H groups in total. The molecule has 0 saturated heterocycles. The van der Waals surface area contributed by atoms with Crippen molar-refractivity contribution in [2.24, 2.45) is 5.84 Å². The lowest BCUT2D eigenvalue weighted by molar-refractivity contribution is -0.126. The van der Waals surface area contributed by atoms with Crippen LogP contribution in [0.25, 0.3) is 0 Å². The first-order valence-electron chi connectivity index (χ1n) is 5.81. The number of amides is 1. The van der Waals surface area contributed by atoms with Gasteiger partial charge in [-0.3, -0.25) is 15.1 Å². The molecule has 5 nitrogen and oxygen atoms in total. The summed E-state index contributed by atoms with van der Waals surface area (Å²) in [6.07, 6.45) is 3.70. The summed E-state index contributed by atoms with van der Waals surface area (Å²) >= 11 is 0. The van der Waals surface area contributed by atoms with E-state index in [0.717, 1.165) is 6.54 Å². The summed E-state index contributed by atoms with van der Waals surface area (Å²) in [7, 11) is 6.20. The van der Waals surface area contributed by atoms with Crippen LogP contribution in [-0.2, 0) is 4.79 Å². The summed E-state index contributed by atoms with van der Waals surface area (Å²) in [6.45, 7) is 2.79. The van der Waals surface area contributed by atoms with E-state index < -0.39 is 0 Å². The molecular weight excluding hydrogens is 204 g/mol. The molecule has 1 unspecified atom stereocenters. The zero-order valence-electron chi connectivity index (χ0n) is 10.8. The molecule has 0 heterocycles. The lowest BCUT2D eigenvalue weighted by Crippen LogP contribution is -2.59. The molecule has 0 radical (unpaired) electrons. The van der Waals surface area contributed by atoms with Crippen LogP contribution in [-0.4, -0.2) is 55.0 Å². The highest BCUT2D eigenvalue weighted by molar-refractivity contribution is 5.80. The molecule has 1 amide bonds. The smallest absolute Gasteiger partial charge is 0.250 e. The molecule has 1 fully saturated rings. The van der Waals surface area contributed by atoms with E-state index in [9.17, 15) is 4.79 Å². The van der Waals surface area contributed by atoms with E-state index in [1.807, 2.05) is 14.0 Å². The maximum atomic E-state index is 11.4. The van der Waals surface area contributed by atoms with Gasteiger partial charge >= 0.3 is 0 Å². The fourth-order valence-corrected chi connectivity index (χ4v) is 2.25. The number of carbonyl (C=O) groups is 1. The molecule has 1 atom stereocenters. The number of nitrogens with two attached hydrogens (primary N) is 1. The number of carbonyl (C=O) groups excluding carboxylic acids is 1. The van der Waals surface area contributed by atoms with Crippen LogP contribution in [0.5, 0.6) is 0 Å². The Morgan fingerprint density at radius 1 is 1.44 bits per heavy atom. The molecule has 1 rings (SSSR count). The third-order valence-corrected chi connectivity index (χ3v) is 3.96. The molecule has 16 heavy (non-hydrogen) atoms. The van der Waals surface area contributed by atoms with E-state index in [2.05, 4.69) is 29.3 Å². The van der Waals surface area contributed by atoms with Crippen molar-refractivity contribution >= 4 is 5.91 Å². The standard InChI is InChI=1S/C11H24N4O/c1-9(10(16)13-12)15(4)8-11(14(2)3)6-5-7-11/h9H,5-8,12H2,1-4H3,(H,13,16). The summed E-state index contributed by atoms with van der Waals surface area (Å²) in [6, 6.07) is -0.178. The average Bonchev–Trinajstić information content (AvgIpc) is 2.20. The average molecular weight is 228 g/mol. The van der Waals surface area contributed by atoms with Gasteiger partial charge in [0, 0.05) is 12.1 Å². The molecule has 94 valence electrons. The van der Waals surface area contributed by atoms with Gasteiger partial charge in [-0.2, -0.15) is 0 Å². The highest BCUT2D eigenvalue weighted by Crippen LogP contribution is 2.36. The second-order valence-corrected chi connectivity index (χ2v) is 5.07. The van der Waals surface area contributed by atoms with Crippen LogP contribution in [0.1, 0.15) is 26.2 Å². The maximum Gasteiger partial charge on any atom is 0.250 e. The van der Waals surface area contributed by atoms with Crippen molar-refractivity contribution in [3.05, 3.63) is 0 Å². The lowest BCUT2D eigenvalue weighted by Gasteiger charge is -2.50. The molecule has 0 spiro atoms. The number of hydrogen-bond donors (Lipinski definition) is 2. The number of hydrazine groups is 1. The predicted molar refractivity (Wildman–Crippen MR) is 64.7 cm³/mol. The molecule has 1 aliphatic rings. The van der Waals surface area contributed by atoms with Crippen LogP contribution < -0.4 is 11.3 Å². The van der Waals surface area contributed by atoms with Crippen LogP contribution >= 0.6 is 0 Å². The van der Waals surface area contributed by atoms with Crippen LogP contribution in [0, 0.1) is 0 Å². The molecule has 0 aromatic rings. The van der Waals surface area contributed by atoms with Gasteiger partial charge in [0.25, 0.3) is 5.91 Å². The van der Waals surface area contributed by atoms with E-state index in [0.29, 0.717) is 0 Å². The summed E-state index contributed by atoms with van der Waals surface area (Å²) < 4.78 is 0. The number of nitrogens with one attached hydrogen (secondary N) is 1. The molecule has 0 bridgehead atoms. The van der Waals surface area contributed by atoms with Crippen molar-refractivity contribution in [2.45, 2.75) is 37.8 Å². The molecule has 5 heteroatoms. The van der Waals surface area contributed by atoms with Crippen molar-refractivity contribution < 1.29 is 4.79 Å². The fourth-order valence-electron chi connectivity index (χ4n) is 2.25. The quantitative estimate of drug-likeness (QED) is 0.388. The van der Waals surface area contributed by atoms with Crippen LogP contribution in [0.4, 0.5) is 0 Å². The van der Waals surface area contributed by atoms with Crippen molar-refractivity contribution in [1.82, 2.24) is 15.2 Å². The van der Waals surface area contributed by atoms with Gasteiger partial charge in [0.05, 0.1) is 6.04 Å². The topological polar surface area (TPSA) is 61.6 Å². The molecule has 0 aromatic heterocycles. The first-order valence-corrected chi connectivity index (χ1v) is 5.81. The van der Waals surface area contributed by atoms with Crippen LogP contribution in [0.15, 0.2) is 0 Å². The Hall–Kier alpha value is -0.650. The molecule has 0 aliphatic heterocycles. The highest BCUT2D eigenvalue weighted by atomic mass is 16.2. The van der Waals surface area contributed by atoms with Gasteiger partial charge in [0.15, 0.2) is 0 Å². The second kappa shape index (κ2) is 5.12. The van der Waals surface area contributed by atoms with Crippen molar-refractivity contribution in [3.8, 4) is 0 Å². The van der Waals surface area contributed by atoms with E-state index in [4.69, 9.17) is 5.84 Å². The van der Waals surface area contributed by atoms with Gasteiger partial charge in [0.1, 0.15) is 0 Å². The van der Waals surface area contributed by atoms with E-state index in [1.54, 1.807) is 0 Å². The Labute approximate surface area is 97.9 Å². The third-order valence-electron chi connectivity index (χ3n) is 3.96. The zero-order valence-corrected chi connectivity index (χ0v) is 10.8. The van der Waals surface area contributed by atoms with Crippen molar-refractivity contribution in [3.63, 3.8) is 0 Å². The number of hydrogen-bond acceptors (Lipinski definition) is 4. The Morgan fingerprint density at radius 2 is 2.00 bits per heavy atom. The van der Waals surface area contributed by atoms with Crippen LogP contribution in [0.2, 0.25) is 0 Å². The Balaban J connectivity index is 2.55. The normalized spacial score (nSPS) is 20.7. The van der Waals surface area contributed by atoms with Gasteiger partial charge < -0.3 is 4.90 Å². The van der Waals surface area contributed by atoms with Gasteiger partial charge in [0.2, 0.25) is 0 Å². The van der Waals surface area contributed by atoms with Gasteiger partial charge in [-0.25, -0.2) is 5.84 Å².